The van der Waals surface area contributed by atoms with E-state index in [4.69, 9.17) is 27.1 Å². The van der Waals surface area contributed by atoms with Crippen LogP contribution in [0.4, 0.5) is 10.5 Å². The van der Waals surface area contributed by atoms with Crippen LogP contribution < -0.4 is 10.6 Å². The van der Waals surface area contributed by atoms with E-state index in [1.54, 1.807) is 0 Å². The Labute approximate surface area is 113 Å². The Balaban J connectivity index is 2.62. The van der Waals surface area contributed by atoms with Crippen LogP contribution in [0.1, 0.15) is 5.56 Å². The van der Waals surface area contributed by atoms with E-state index in [1.165, 1.54) is 18.2 Å². The van der Waals surface area contributed by atoms with Crippen molar-refractivity contribution in [1.82, 2.24) is 5.32 Å². The average molecular weight is 284 g/mol. The highest BCUT2D eigenvalue weighted by Crippen LogP contribution is 2.22. The molecule has 0 saturated carbocycles. The summed E-state index contributed by atoms with van der Waals surface area (Å²) in [4.78, 5) is 21.8. The van der Waals surface area contributed by atoms with Gasteiger partial charge in [0.15, 0.2) is 6.10 Å². The molecule has 100 valence electrons. The number of carboxylic acids is 1. The second-order valence-electron chi connectivity index (χ2n) is 3.50. The molecule has 0 bridgehead atoms. The number of carboxylic acid groups (broad SMARTS) is 1. The maximum atomic E-state index is 11.4. The lowest BCUT2D eigenvalue weighted by Crippen LogP contribution is -2.38. The maximum absolute atomic E-state index is 11.4. The normalized spacial score (nSPS) is 11.2. The Hall–Kier alpha value is -2.30. The first kappa shape index (κ1) is 14.8. The molecule has 0 heterocycles. The summed E-state index contributed by atoms with van der Waals surface area (Å²) in [6.45, 7) is -0.448. The summed E-state index contributed by atoms with van der Waals surface area (Å²) in [7, 11) is 0. The number of amides is 2. The molecule has 8 heteroatoms. The van der Waals surface area contributed by atoms with Crippen molar-refractivity contribution >= 4 is 29.3 Å². The molecule has 4 N–H and O–H groups in total. The number of aliphatic hydroxyl groups excluding tert-OH is 1. The number of carbonyl (C=O) groups is 2. The molecular weight excluding hydrogens is 274 g/mol. The van der Waals surface area contributed by atoms with Crippen molar-refractivity contribution in [1.29, 1.82) is 5.26 Å². The summed E-state index contributed by atoms with van der Waals surface area (Å²) < 4.78 is 0. The zero-order chi connectivity index (χ0) is 14.4. The number of anilines is 1. The Bertz CT molecular complexity index is 541. The fourth-order valence-corrected chi connectivity index (χ4v) is 1.30. The van der Waals surface area contributed by atoms with Crippen LogP contribution in [0.25, 0.3) is 0 Å². The van der Waals surface area contributed by atoms with Crippen LogP contribution >= 0.6 is 11.6 Å². The monoisotopic (exact) mass is 283 g/mol. The number of nitrogens with zero attached hydrogens (tertiary/aromatic N) is 1. The third-order valence-corrected chi connectivity index (χ3v) is 2.41. The van der Waals surface area contributed by atoms with Gasteiger partial charge in [-0.15, -0.1) is 0 Å². The molecule has 0 aliphatic rings. The minimum Gasteiger partial charge on any atom is -0.479 e. The third kappa shape index (κ3) is 4.46. The predicted octanol–water partition coefficient (Wildman–Crippen LogP) is 0.779. The van der Waals surface area contributed by atoms with E-state index in [2.05, 4.69) is 10.6 Å². The molecule has 1 aromatic carbocycles. The minimum absolute atomic E-state index is 0.211. The molecule has 19 heavy (non-hydrogen) atoms. The molecule has 0 fully saturated rings. The van der Waals surface area contributed by atoms with E-state index in [0.717, 1.165) is 0 Å². The highest BCUT2D eigenvalue weighted by molar-refractivity contribution is 6.33. The van der Waals surface area contributed by atoms with Gasteiger partial charge in [-0.25, -0.2) is 9.59 Å². The number of hydrogen-bond acceptors (Lipinski definition) is 4. The van der Waals surface area contributed by atoms with Gasteiger partial charge in [0.1, 0.15) is 0 Å². The van der Waals surface area contributed by atoms with Crippen LogP contribution in [0.2, 0.25) is 5.02 Å². The van der Waals surface area contributed by atoms with Gasteiger partial charge in [-0.05, 0) is 18.2 Å². The summed E-state index contributed by atoms with van der Waals surface area (Å²) >= 11 is 5.82. The number of rotatable bonds is 4. The molecule has 1 aromatic rings. The van der Waals surface area contributed by atoms with Gasteiger partial charge in [0.25, 0.3) is 0 Å². The predicted molar refractivity (Wildman–Crippen MR) is 66.8 cm³/mol. The number of urea groups is 1. The Kier molecular flexibility index (Phi) is 5.11. The van der Waals surface area contributed by atoms with Gasteiger partial charge in [-0.1, -0.05) is 11.6 Å². The molecule has 0 aliphatic heterocycles. The van der Waals surface area contributed by atoms with Crippen LogP contribution in [-0.2, 0) is 4.79 Å². The van der Waals surface area contributed by atoms with Crippen molar-refractivity contribution in [3.05, 3.63) is 28.8 Å². The number of nitriles is 1. The van der Waals surface area contributed by atoms with Crippen molar-refractivity contribution in [2.45, 2.75) is 6.10 Å². The molecule has 7 nitrogen and oxygen atoms in total. The standard InChI is InChI=1S/C11H10ClN3O4/c12-7-2-1-6(4-13)3-8(7)15-11(19)14-5-9(16)10(17)18/h1-3,9,16H,5H2,(H,17,18)(H2,14,15,19). The van der Waals surface area contributed by atoms with Gasteiger partial charge >= 0.3 is 12.0 Å². The van der Waals surface area contributed by atoms with Gasteiger partial charge < -0.3 is 20.8 Å². The SMILES string of the molecule is N#Cc1ccc(Cl)c(NC(=O)NCC(O)C(=O)O)c1. The fourth-order valence-electron chi connectivity index (χ4n) is 1.13. The Morgan fingerprint density at radius 1 is 1.47 bits per heavy atom. The average Bonchev–Trinajstić information content (AvgIpc) is 2.38. The van der Waals surface area contributed by atoms with Gasteiger partial charge in [-0.2, -0.15) is 5.26 Å². The molecule has 1 rings (SSSR count). The third-order valence-electron chi connectivity index (χ3n) is 2.08. The highest BCUT2D eigenvalue weighted by Gasteiger charge is 2.14. The highest BCUT2D eigenvalue weighted by atomic mass is 35.5. The van der Waals surface area contributed by atoms with Gasteiger partial charge in [0.2, 0.25) is 0 Å². The Morgan fingerprint density at radius 2 is 2.16 bits per heavy atom. The summed E-state index contributed by atoms with van der Waals surface area (Å²) in [5.74, 6) is -1.44. The minimum atomic E-state index is -1.69. The molecule has 0 aromatic heterocycles. The first-order chi connectivity index (χ1) is 8.93. The molecule has 2 amide bonds. The largest absolute Gasteiger partial charge is 0.479 e. The van der Waals surface area contributed by atoms with Crippen molar-refractivity contribution < 1.29 is 19.8 Å². The fraction of sp³-hybridized carbons (Fsp3) is 0.182. The van der Waals surface area contributed by atoms with Crippen LogP contribution in [0, 0.1) is 11.3 Å². The number of benzene rings is 1. The number of aliphatic carboxylic acids is 1. The van der Waals surface area contributed by atoms with Gasteiger partial charge in [0.05, 0.1) is 28.9 Å². The van der Waals surface area contributed by atoms with E-state index in [-0.39, 0.29) is 10.7 Å². The number of carbonyl (C=O) groups excluding carboxylic acids is 1. The molecule has 0 aliphatic carbocycles. The van der Waals surface area contributed by atoms with Crippen molar-refractivity contribution in [3.63, 3.8) is 0 Å². The molecule has 0 radical (unpaired) electrons. The smallest absolute Gasteiger partial charge is 0.334 e. The zero-order valence-electron chi connectivity index (χ0n) is 9.55. The molecule has 0 saturated heterocycles. The number of halogens is 1. The first-order valence-electron chi connectivity index (χ1n) is 5.09. The van der Waals surface area contributed by atoms with E-state index in [0.29, 0.717) is 5.56 Å². The molecular formula is C11H10ClN3O4. The van der Waals surface area contributed by atoms with Crippen LogP contribution in [-0.4, -0.2) is 34.9 Å². The zero-order valence-corrected chi connectivity index (χ0v) is 10.3. The molecule has 1 unspecified atom stereocenters. The van der Waals surface area contributed by atoms with E-state index in [9.17, 15) is 9.59 Å². The molecule has 0 spiro atoms. The number of hydrogen-bond donors (Lipinski definition) is 4. The van der Waals surface area contributed by atoms with E-state index in [1.807, 2.05) is 6.07 Å². The number of aliphatic hydroxyl groups is 1. The summed E-state index contributed by atoms with van der Waals surface area (Å²) in [6, 6.07) is 5.45. The van der Waals surface area contributed by atoms with Gasteiger partial charge in [-0.3, -0.25) is 0 Å². The maximum Gasteiger partial charge on any atom is 0.334 e. The first-order valence-corrected chi connectivity index (χ1v) is 5.47. The summed E-state index contributed by atoms with van der Waals surface area (Å²) in [5.41, 5.74) is 0.522. The van der Waals surface area contributed by atoms with E-state index < -0.39 is 24.6 Å². The van der Waals surface area contributed by atoms with Crippen molar-refractivity contribution in [3.8, 4) is 6.07 Å². The Morgan fingerprint density at radius 3 is 2.74 bits per heavy atom. The summed E-state index contributed by atoms with van der Waals surface area (Å²) in [6.07, 6.45) is -1.69. The lowest BCUT2D eigenvalue weighted by molar-refractivity contribution is -0.146. The number of nitrogens with one attached hydrogen (secondary N) is 2. The lowest BCUT2D eigenvalue weighted by Gasteiger charge is -2.10. The van der Waals surface area contributed by atoms with Crippen LogP contribution in [0.3, 0.4) is 0 Å². The van der Waals surface area contributed by atoms with Crippen molar-refractivity contribution in [2.24, 2.45) is 0 Å². The topological polar surface area (TPSA) is 122 Å². The van der Waals surface area contributed by atoms with Crippen molar-refractivity contribution in [2.75, 3.05) is 11.9 Å². The lowest BCUT2D eigenvalue weighted by atomic mass is 10.2. The second kappa shape index (κ2) is 6.58. The molecule has 1 atom stereocenters. The quantitative estimate of drug-likeness (QED) is 0.650. The van der Waals surface area contributed by atoms with Crippen LogP contribution in [0.15, 0.2) is 18.2 Å². The second-order valence-corrected chi connectivity index (χ2v) is 3.90. The van der Waals surface area contributed by atoms with E-state index >= 15 is 0 Å². The summed E-state index contributed by atoms with van der Waals surface area (Å²) in [5, 5.41) is 30.8. The van der Waals surface area contributed by atoms with Crippen LogP contribution in [0.5, 0.6) is 0 Å². The van der Waals surface area contributed by atoms with Gasteiger partial charge in [0, 0.05) is 0 Å².